The van der Waals surface area contributed by atoms with Gasteiger partial charge in [-0.2, -0.15) is 0 Å². The van der Waals surface area contributed by atoms with E-state index in [-0.39, 0.29) is 6.04 Å². The number of nitrogens with zero attached hydrogens (tertiary/aromatic N) is 2. The van der Waals surface area contributed by atoms with Gasteiger partial charge in [-0.25, -0.2) is 0 Å². The second-order valence-corrected chi connectivity index (χ2v) is 4.89. The third-order valence-electron chi connectivity index (χ3n) is 3.52. The molecule has 1 fully saturated rings. The van der Waals surface area contributed by atoms with Crippen molar-refractivity contribution in [1.29, 1.82) is 0 Å². The number of aliphatic imine (C=N–C) groups is 1. The quantitative estimate of drug-likeness (QED) is 0.765. The Morgan fingerprint density at radius 1 is 1.53 bits per heavy atom. The number of hydrogen-bond donors (Lipinski definition) is 2. The lowest BCUT2D eigenvalue weighted by molar-refractivity contribution is 0.378. The van der Waals surface area contributed by atoms with Gasteiger partial charge in [0.1, 0.15) is 0 Å². The second-order valence-electron chi connectivity index (χ2n) is 4.89. The fourth-order valence-electron chi connectivity index (χ4n) is 2.36. The van der Waals surface area contributed by atoms with Crippen LogP contribution in [0.3, 0.4) is 0 Å². The highest BCUT2D eigenvalue weighted by molar-refractivity contribution is 5.91. The highest BCUT2D eigenvalue weighted by Gasteiger charge is 2.23. The summed E-state index contributed by atoms with van der Waals surface area (Å²) in [5.41, 5.74) is 11.3. The zero-order valence-corrected chi connectivity index (χ0v) is 10.7. The summed E-state index contributed by atoms with van der Waals surface area (Å²) in [5.74, 6) is 0.762. The maximum Gasteiger partial charge on any atom is 0.0822 e. The van der Waals surface area contributed by atoms with Crippen LogP contribution in [0.5, 0.6) is 0 Å². The Morgan fingerprint density at radius 3 is 3.06 bits per heavy atom. The van der Waals surface area contributed by atoms with Gasteiger partial charge in [0, 0.05) is 31.2 Å². The average Bonchev–Trinajstić information content (AvgIpc) is 2.32. The highest BCUT2D eigenvalue weighted by Crippen LogP contribution is 2.25. The van der Waals surface area contributed by atoms with Crippen molar-refractivity contribution in [3.63, 3.8) is 0 Å². The summed E-state index contributed by atoms with van der Waals surface area (Å²) in [7, 11) is 1.96. The van der Waals surface area contributed by atoms with E-state index >= 15 is 0 Å². The largest absolute Gasteiger partial charge is 0.323 e. The minimum atomic E-state index is 0.146. The van der Waals surface area contributed by atoms with Crippen LogP contribution in [-0.4, -0.2) is 23.8 Å². The van der Waals surface area contributed by atoms with Gasteiger partial charge in [0.2, 0.25) is 0 Å². The van der Waals surface area contributed by atoms with E-state index < -0.39 is 0 Å². The molecule has 94 valence electrons. The molecule has 1 heterocycles. The lowest BCUT2D eigenvalue weighted by atomic mass is 9.83. The second kappa shape index (κ2) is 5.36. The monoisotopic (exact) mass is 234 g/mol. The Bertz CT molecular complexity index is 356. The maximum absolute atomic E-state index is 6.14. The van der Waals surface area contributed by atoms with Crippen molar-refractivity contribution < 1.29 is 0 Å². The molecule has 1 saturated carbocycles. The molecule has 0 saturated heterocycles. The summed E-state index contributed by atoms with van der Waals surface area (Å²) >= 11 is 0. The smallest absolute Gasteiger partial charge is 0.0822 e. The zero-order chi connectivity index (χ0) is 12.3. The Labute approximate surface area is 103 Å². The Hall–Kier alpha value is -1.29. The summed E-state index contributed by atoms with van der Waals surface area (Å²) in [4.78, 5) is 4.71. The molecule has 0 aromatic heterocycles. The van der Waals surface area contributed by atoms with Gasteiger partial charge in [-0.1, -0.05) is 13.3 Å². The van der Waals surface area contributed by atoms with Gasteiger partial charge in [0.25, 0.3) is 0 Å². The molecule has 3 N–H and O–H groups in total. The van der Waals surface area contributed by atoms with E-state index in [0.29, 0.717) is 0 Å². The highest BCUT2D eigenvalue weighted by atomic mass is 15.5. The third kappa shape index (κ3) is 3.09. The molecule has 0 aromatic carbocycles. The van der Waals surface area contributed by atoms with Crippen molar-refractivity contribution in [2.45, 2.75) is 38.6 Å². The van der Waals surface area contributed by atoms with E-state index in [2.05, 4.69) is 12.3 Å². The number of nitrogens with one attached hydrogen (secondary N) is 1. The molecular weight excluding hydrogens is 212 g/mol. The lowest BCUT2D eigenvalue weighted by Gasteiger charge is -2.27. The minimum absolute atomic E-state index is 0.146. The van der Waals surface area contributed by atoms with Gasteiger partial charge in [0.05, 0.1) is 5.70 Å². The summed E-state index contributed by atoms with van der Waals surface area (Å²) in [6.07, 6.45) is 10.5. The van der Waals surface area contributed by atoms with Gasteiger partial charge in [-0.05, 0) is 31.3 Å². The van der Waals surface area contributed by atoms with E-state index in [1.165, 1.54) is 12.8 Å². The minimum Gasteiger partial charge on any atom is -0.323 e. The lowest BCUT2D eigenvalue weighted by Crippen LogP contribution is -2.36. The molecule has 1 aliphatic heterocycles. The van der Waals surface area contributed by atoms with E-state index in [1.54, 1.807) is 0 Å². The molecule has 2 atom stereocenters. The molecule has 2 rings (SSSR count). The van der Waals surface area contributed by atoms with Crippen LogP contribution >= 0.6 is 0 Å². The van der Waals surface area contributed by atoms with Gasteiger partial charge in [-0.15, -0.1) is 0 Å². The van der Waals surface area contributed by atoms with E-state index in [1.807, 2.05) is 30.5 Å². The van der Waals surface area contributed by atoms with E-state index in [0.717, 1.165) is 30.2 Å². The predicted octanol–water partition coefficient (Wildman–Crippen LogP) is 1.77. The fourth-order valence-corrected chi connectivity index (χ4v) is 2.36. The first kappa shape index (κ1) is 12.2. The van der Waals surface area contributed by atoms with Crippen molar-refractivity contribution in [3.05, 3.63) is 24.2 Å². The number of rotatable bonds is 2. The predicted molar refractivity (Wildman–Crippen MR) is 71.2 cm³/mol. The van der Waals surface area contributed by atoms with Gasteiger partial charge < -0.3 is 11.2 Å². The third-order valence-corrected chi connectivity index (χ3v) is 3.52. The molecule has 1 aliphatic carbocycles. The standard InChI is InChI=1S/C13H22N4/c1-3-10-4-5-12(14)13(8-10)16-11-6-7-15-17(2)9-11/h6-7,9-10,12,15H,3-5,8,14H2,1-2H3/t10?,12-/m0/s1. The SMILES string of the molecule is CCC1CC[C@H](N)C(=NC2=CN(C)NC=C2)C1. The van der Waals surface area contributed by atoms with Crippen LogP contribution < -0.4 is 11.2 Å². The first-order chi connectivity index (χ1) is 8.19. The van der Waals surface area contributed by atoms with Crippen LogP contribution in [0, 0.1) is 5.92 Å². The molecular formula is C13H22N4. The average molecular weight is 234 g/mol. The zero-order valence-electron chi connectivity index (χ0n) is 10.7. The molecule has 17 heavy (non-hydrogen) atoms. The Morgan fingerprint density at radius 2 is 2.35 bits per heavy atom. The van der Waals surface area contributed by atoms with Crippen LogP contribution in [0.4, 0.5) is 0 Å². The molecule has 0 bridgehead atoms. The van der Waals surface area contributed by atoms with Crippen LogP contribution in [0.15, 0.2) is 29.2 Å². The fraction of sp³-hybridized carbons (Fsp3) is 0.615. The van der Waals surface area contributed by atoms with Crippen molar-refractivity contribution in [1.82, 2.24) is 10.4 Å². The maximum atomic E-state index is 6.14. The summed E-state index contributed by atoms with van der Waals surface area (Å²) in [5, 5.41) is 1.89. The topological polar surface area (TPSA) is 53.6 Å². The normalized spacial score (nSPS) is 31.4. The van der Waals surface area contributed by atoms with Gasteiger partial charge in [-0.3, -0.25) is 10.0 Å². The molecule has 0 radical (unpaired) electrons. The van der Waals surface area contributed by atoms with E-state index in [4.69, 9.17) is 10.7 Å². The van der Waals surface area contributed by atoms with Crippen LogP contribution in [0.1, 0.15) is 32.6 Å². The van der Waals surface area contributed by atoms with Gasteiger partial charge >= 0.3 is 0 Å². The van der Waals surface area contributed by atoms with Crippen molar-refractivity contribution in [2.75, 3.05) is 7.05 Å². The number of allylic oxidation sites excluding steroid dienone is 1. The summed E-state index contributed by atoms with van der Waals surface area (Å²) in [6, 6.07) is 0.146. The molecule has 0 spiro atoms. The first-order valence-electron chi connectivity index (χ1n) is 6.39. The molecule has 4 heteroatoms. The summed E-state index contributed by atoms with van der Waals surface area (Å²) in [6.45, 7) is 2.25. The van der Waals surface area contributed by atoms with Crippen LogP contribution in [-0.2, 0) is 0 Å². The number of hydrogen-bond acceptors (Lipinski definition) is 4. The number of hydrazine groups is 1. The summed E-state index contributed by atoms with van der Waals surface area (Å²) < 4.78 is 0. The Balaban J connectivity index is 2.11. The van der Waals surface area contributed by atoms with Crippen LogP contribution in [0.25, 0.3) is 0 Å². The first-order valence-corrected chi connectivity index (χ1v) is 6.39. The molecule has 0 amide bonds. The van der Waals surface area contributed by atoms with Crippen molar-refractivity contribution in [2.24, 2.45) is 16.6 Å². The van der Waals surface area contributed by atoms with E-state index in [9.17, 15) is 0 Å². The van der Waals surface area contributed by atoms with Crippen LogP contribution in [0.2, 0.25) is 0 Å². The number of nitrogens with two attached hydrogens (primary N) is 1. The molecule has 2 aliphatic rings. The Kier molecular flexibility index (Phi) is 3.84. The molecule has 4 nitrogen and oxygen atoms in total. The molecule has 1 unspecified atom stereocenters. The molecule has 0 aromatic rings. The van der Waals surface area contributed by atoms with Crippen molar-refractivity contribution >= 4 is 5.71 Å². The van der Waals surface area contributed by atoms with Gasteiger partial charge in [0.15, 0.2) is 0 Å². The van der Waals surface area contributed by atoms with Crippen molar-refractivity contribution in [3.8, 4) is 0 Å².